The Morgan fingerprint density at radius 2 is 1.77 bits per heavy atom. The van der Waals surface area contributed by atoms with Gasteiger partial charge in [-0.3, -0.25) is 19.7 Å². The van der Waals surface area contributed by atoms with Crippen molar-refractivity contribution < 1.29 is 14.5 Å². The molecule has 2 N–H and O–H groups in total. The number of nitrogens with one attached hydrogen (secondary N) is 2. The summed E-state index contributed by atoms with van der Waals surface area (Å²) in [6, 6.07) is 13.0. The van der Waals surface area contributed by atoms with Gasteiger partial charge in [0.15, 0.2) is 0 Å². The van der Waals surface area contributed by atoms with E-state index < -0.39 is 10.8 Å². The van der Waals surface area contributed by atoms with Crippen LogP contribution in [0.3, 0.4) is 0 Å². The molecule has 1 aliphatic carbocycles. The standard InChI is InChI=1S/C22H22BrN3O4/c23-17-9-11-18(12-10-17)24-22(28)20(25-21(27)16-6-2-1-3-7-16)14-15-5-4-8-19(13-15)26(29)30/h4-5,8-14,16H,1-3,6-7H2,(H,24,28)(H,25,27)/b20-14-. The molecule has 0 heterocycles. The molecule has 1 saturated carbocycles. The van der Waals surface area contributed by atoms with Crippen molar-refractivity contribution in [1.29, 1.82) is 0 Å². The lowest BCUT2D eigenvalue weighted by atomic mass is 9.88. The molecule has 1 aliphatic rings. The van der Waals surface area contributed by atoms with E-state index in [0.29, 0.717) is 11.3 Å². The maximum Gasteiger partial charge on any atom is 0.272 e. The lowest BCUT2D eigenvalue weighted by Crippen LogP contribution is -2.35. The van der Waals surface area contributed by atoms with E-state index in [1.807, 2.05) is 0 Å². The van der Waals surface area contributed by atoms with Crippen LogP contribution in [0.5, 0.6) is 0 Å². The average molecular weight is 472 g/mol. The highest BCUT2D eigenvalue weighted by atomic mass is 79.9. The van der Waals surface area contributed by atoms with Crippen LogP contribution >= 0.6 is 15.9 Å². The third-order valence-electron chi connectivity index (χ3n) is 4.97. The second kappa shape index (κ2) is 10.2. The number of nitrogens with zero attached hydrogens (tertiary/aromatic N) is 1. The van der Waals surface area contributed by atoms with Crippen molar-refractivity contribution in [2.45, 2.75) is 32.1 Å². The van der Waals surface area contributed by atoms with Crippen molar-refractivity contribution in [3.05, 3.63) is 74.4 Å². The number of nitro benzene ring substituents is 1. The molecule has 2 aromatic carbocycles. The summed E-state index contributed by atoms with van der Waals surface area (Å²) < 4.78 is 0.874. The minimum absolute atomic E-state index is 0.0500. The Bertz CT molecular complexity index is 967. The average Bonchev–Trinajstić information content (AvgIpc) is 2.75. The van der Waals surface area contributed by atoms with Crippen LogP contribution in [-0.2, 0) is 9.59 Å². The molecule has 3 rings (SSSR count). The first-order valence-corrected chi connectivity index (χ1v) is 10.6. The van der Waals surface area contributed by atoms with Crippen LogP contribution in [-0.4, -0.2) is 16.7 Å². The Kier molecular flexibility index (Phi) is 7.35. The molecule has 2 aromatic rings. The normalized spacial score (nSPS) is 14.8. The van der Waals surface area contributed by atoms with Crippen LogP contribution in [0, 0.1) is 16.0 Å². The largest absolute Gasteiger partial charge is 0.321 e. The SMILES string of the molecule is O=C(Nc1ccc(Br)cc1)/C(=C/c1cccc([N+](=O)[O-])c1)NC(=O)C1CCCCC1. The first-order chi connectivity index (χ1) is 14.4. The number of non-ortho nitro benzene ring substituents is 1. The summed E-state index contributed by atoms with van der Waals surface area (Å²) in [6.07, 6.45) is 6.15. The third-order valence-corrected chi connectivity index (χ3v) is 5.50. The molecule has 0 spiro atoms. The molecule has 7 nitrogen and oxygen atoms in total. The van der Waals surface area contributed by atoms with Gasteiger partial charge in [-0.15, -0.1) is 0 Å². The van der Waals surface area contributed by atoms with Gasteiger partial charge in [0.1, 0.15) is 5.70 Å². The van der Waals surface area contributed by atoms with Gasteiger partial charge in [-0.1, -0.05) is 47.3 Å². The maximum atomic E-state index is 12.9. The van der Waals surface area contributed by atoms with Gasteiger partial charge in [0.05, 0.1) is 4.92 Å². The first kappa shape index (κ1) is 21.7. The van der Waals surface area contributed by atoms with Crippen LogP contribution in [0.2, 0.25) is 0 Å². The third kappa shape index (κ3) is 6.00. The van der Waals surface area contributed by atoms with Crippen LogP contribution in [0.4, 0.5) is 11.4 Å². The van der Waals surface area contributed by atoms with Crippen molar-refractivity contribution >= 4 is 45.2 Å². The van der Waals surface area contributed by atoms with Crippen LogP contribution in [0.25, 0.3) is 6.08 Å². The van der Waals surface area contributed by atoms with E-state index in [2.05, 4.69) is 26.6 Å². The highest BCUT2D eigenvalue weighted by molar-refractivity contribution is 9.10. The number of halogens is 1. The fourth-order valence-corrected chi connectivity index (χ4v) is 3.65. The minimum atomic E-state index is -0.500. The number of anilines is 1. The van der Waals surface area contributed by atoms with E-state index in [9.17, 15) is 19.7 Å². The van der Waals surface area contributed by atoms with Gasteiger partial charge in [-0.05, 0) is 48.7 Å². The molecule has 156 valence electrons. The molecule has 0 aliphatic heterocycles. The topological polar surface area (TPSA) is 101 Å². The van der Waals surface area contributed by atoms with Crippen molar-refractivity contribution in [3.8, 4) is 0 Å². The number of nitro groups is 1. The fourth-order valence-electron chi connectivity index (χ4n) is 3.38. The van der Waals surface area contributed by atoms with E-state index in [0.717, 1.165) is 36.6 Å². The predicted octanol–water partition coefficient (Wildman–Crippen LogP) is 5.03. The monoisotopic (exact) mass is 471 g/mol. The lowest BCUT2D eigenvalue weighted by molar-refractivity contribution is -0.384. The molecule has 0 saturated heterocycles. The summed E-state index contributed by atoms with van der Waals surface area (Å²) >= 11 is 3.34. The van der Waals surface area contributed by atoms with Crippen molar-refractivity contribution in [1.82, 2.24) is 5.32 Å². The molecule has 0 unspecified atom stereocenters. The van der Waals surface area contributed by atoms with Crippen molar-refractivity contribution in [3.63, 3.8) is 0 Å². The van der Waals surface area contributed by atoms with Crippen LogP contribution in [0.1, 0.15) is 37.7 Å². The number of hydrogen-bond acceptors (Lipinski definition) is 4. The lowest BCUT2D eigenvalue weighted by Gasteiger charge is -2.21. The van der Waals surface area contributed by atoms with Gasteiger partial charge in [0.2, 0.25) is 5.91 Å². The Morgan fingerprint density at radius 3 is 2.43 bits per heavy atom. The molecule has 0 bridgehead atoms. The number of hydrogen-bond donors (Lipinski definition) is 2. The molecule has 0 radical (unpaired) electrons. The number of amides is 2. The Morgan fingerprint density at radius 1 is 1.07 bits per heavy atom. The van der Waals surface area contributed by atoms with Gasteiger partial charge in [0, 0.05) is 28.2 Å². The Hall–Kier alpha value is -3.00. The number of benzene rings is 2. The predicted molar refractivity (Wildman–Crippen MR) is 119 cm³/mol. The van der Waals surface area contributed by atoms with Gasteiger partial charge < -0.3 is 10.6 Å². The van der Waals surface area contributed by atoms with E-state index >= 15 is 0 Å². The van der Waals surface area contributed by atoms with Gasteiger partial charge in [0.25, 0.3) is 11.6 Å². The number of rotatable bonds is 6. The summed E-state index contributed by atoms with van der Waals surface area (Å²) in [5, 5.41) is 16.6. The zero-order valence-corrected chi connectivity index (χ0v) is 17.9. The van der Waals surface area contributed by atoms with Crippen LogP contribution in [0.15, 0.2) is 58.7 Å². The number of carbonyl (C=O) groups is 2. The van der Waals surface area contributed by atoms with Gasteiger partial charge >= 0.3 is 0 Å². The second-order valence-corrected chi connectivity index (χ2v) is 8.11. The molecule has 8 heteroatoms. The molecule has 30 heavy (non-hydrogen) atoms. The molecular formula is C22H22BrN3O4. The van der Waals surface area contributed by atoms with E-state index in [1.165, 1.54) is 24.3 Å². The molecule has 2 amide bonds. The Balaban J connectivity index is 1.85. The summed E-state index contributed by atoms with van der Waals surface area (Å²) in [6.45, 7) is 0. The zero-order chi connectivity index (χ0) is 21.5. The molecular weight excluding hydrogens is 450 g/mol. The maximum absolute atomic E-state index is 12.9. The second-order valence-electron chi connectivity index (χ2n) is 7.20. The zero-order valence-electron chi connectivity index (χ0n) is 16.3. The van der Waals surface area contributed by atoms with Crippen molar-refractivity contribution in [2.75, 3.05) is 5.32 Å². The van der Waals surface area contributed by atoms with E-state index in [1.54, 1.807) is 30.3 Å². The highest BCUT2D eigenvalue weighted by Gasteiger charge is 2.23. The minimum Gasteiger partial charge on any atom is -0.321 e. The molecule has 0 atom stereocenters. The van der Waals surface area contributed by atoms with E-state index in [4.69, 9.17) is 0 Å². The smallest absolute Gasteiger partial charge is 0.272 e. The van der Waals surface area contributed by atoms with Gasteiger partial charge in [-0.25, -0.2) is 0 Å². The summed E-state index contributed by atoms with van der Waals surface area (Å²) in [5.41, 5.74) is 0.984. The molecule has 0 aromatic heterocycles. The summed E-state index contributed by atoms with van der Waals surface area (Å²) in [7, 11) is 0. The van der Waals surface area contributed by atoms with Crippen LogP contribution < -0.4 is 10.6 Å². The van der Waals surface area contributed by atoms with Crippen molar-refractivity contribution in [2.24, 2.45) is 5.92 Å². The fraction of sp³-hybridized carbons (Fsp3) is 0.273. The first-order valence-electron chi connectivity index (χ1n) is 9.76. The van der Waals surface area contributed by atoms with E-state index in [-0.39, 0.29) is 23.2 Å². The quantitative estimate of drug-likeness (QED) is 0.350. The highest BCUT2D eigenvalue weighted by Crippen LogP contribution is 2.24. The summed E-state index contributed by atoms with van der Waals surface area (Å²) in [4.78, 5) is 36.2. The molecule has 1 fully saturated rings. The van der Waals surface area contributed by atoms with Gasteiger partial charge in [-0.2, -0.15) is 0 Å². The Labute approximate surface area is 182 Å². The number of carbonyl (C=O) groups excluding carboxylic acids is 2. The summed E-state index contributed by atoms with van der Waals surface area (Å²) in [5.74, 6) is -0.821.